The van der Waals surface area contributed by atoms with E-state index in [0.29, 0.717) is 56.6 Å². The van der Waals surface area contributed by atoms with Gasteiger partial charge < -0.3 is 24.6 Å². The Morgan fingerprint density at radius 2 is 1.59 bits per heavy atom. The Hall–Kier alpha value is -3.03. The maximum atomic E-state index is 13.9. The third kappa shape index (κ3) is 3.60. The Morgan fingerprint density at radius 1 is 0.926 bits per heavy atom. The van der Waals surface area contributed by atoms with Gasteiger partial charge in [0.1, 0.15) is 30.5 Å². The third-order valence-corrected chi connectivity index (χ3v) is 4.61. The second-order valence-electron chi connectivity index (χ2n) is 6.33. The van der Waals surface area contributed by atoms with E-state index in [9.17, 15) is 13.6 Å². The zero-order valence-electron chi connectivity index (χ0n) is 14.6. The lowest BCUT2D eigenvalue weighted by molar-refractivity contribution is 0.171. The van der Waals surface area contributed by atoms with Crippen molar-refractivity contribution in [3.05, 3.63) is 48.0 Å². The number of rotatable bonds is 2. The van der Waals surface area contributed by atoms with Crippen LogP contribution in [0.5, 0.6) is 11.5 Å². The van der Waals surface area contributed by atoms with Gasteiger partial charge in [-0.05, 0) is 24.3 Å². The zero-order valence-corrected chi connectivity index (χ0v) is 14.6. The van der Waals surface area contributed by atoms with Crippen LogP contribution in [0.4, 0.5) is 25.0 Å². The molecule has 2 aromatic rings. The first-order valence-corrected chi connectivity index (χ1v) is 8.76. The molecule has 0 saturated carbocycles. The molecule has 8 heteroatoms. The summed E-state index contributed by atoms with van der Waals surface area (Å²) in [6.07, 6.45) is 0. The molecule has 2 aromatic carbocycles. The quantitative estimate of drug-likeness (QED) is 0.877. The van der Waals surface area contributed by atoms with Gasteiger partial charge >= 0.3 is 6.03 Å². The molecule has 27 heavy (non-hydrogen) atoms. The van der Waals surface area contributed by atoms with Gasteiger partial charge in [0.25, 0.3) is 0 Å². The number of fused-ring (bicyclic) bond motifs is 1. The molecule has 0 bridgehead atoms. The molecule has 6 nitrogen and oxygen atoms in total. The van der Waals surface area contributed by atoms with Crippen LogP contribution in [0.3, 0.4) is 0 Å². The first kappa shape index (κ1) is 17.4. The molecular weight excluding hydrogens is 356 g/mol. The van der Waals surface area contributed by atoms with Crippen LogP contribution in [0.25, 0.3) is 0 Å². The number of para-hydroxylation sites is 1. The summed E-state index contributed by atoms with van der Waals surface area (Å²) in [5, 5.41) is 2.82. The summed E-state index contributed by atoms with van der Waals surface area (Å²) in [5.41, 5.74) is 0.566. The lowest BCUT2D eigenvalue weighted by Gasteiger charge is -2.36. The Balaban J connectivity index is 1.37. The van der Waals surface area contributed by atoms with E-state index in [1.165, 1.54) is 18.2 Å². The number of nitrogens with one attached hydrogen (secondary N) is 1. The van der Waals surface area contributed by atoms with Gasteiger partial charge in [0, 0.05) is 37.9 Å². The molecule has 0 aliphatic carbocycles. The molecule has 1 fully saturated rings. The van der Waals surface area contributed by atoms with Gasteiger partial charge in [-0.25, -0.2) is 13.6 Å². The Bertz CT molecular complexity index is 834. The summed E-state index contributed by atoms with van der Waals surface area (Å²) in [6.45, 7) is 2.41. The molecule has 0 radical (unpaired) electrons. The van der Waals surface area contributed by atoms with Crippen LogP contribution in [-0.2, 0) is 0 Å². The highest BCUT2D eigenvalue weighted by Crippen LogP contribution is 2.32. The standard InChI is InChI=1S/C19H19F2N3O3/c20-14-2-1-3-15(21)18(14)23-6-8-24(9-7-23)19(25)22-13-4-5-16-17(12-13)27-11-10-26-16/h1-5,12H,6-11H2,(H,22,25). The lowest BCUT2D eigenvalue weighted by Crippen LogP contribution is -2.50. The Morgan fingerprint density at radius 3 is 2.30 bits per heavy atom. The van der Waals surface area contributed by atoms with Crippen molar-refractivity contribution < 1.29 is 23.0 Å². The minimum absolute atomic E-state index is 0.0376. The molecule has 0 unspecified atom stereocenters. The molecule has 2 amide bonds. The van der Waals surface area contributed by atoms with Gasteiger partial charge in [0.05, 0.1) is 0 Å². The summed E-state index contributed by atoms with van der Waals surface area (Å²) in [7, 11) is 0. The molecule has 2 aliphatic rings. The van der Waals surface area contributed by atoms with E-state index in [1.54, 1.807) is 28.0 Å². The van der Waals surface area contributed by atoms with Crippen LogP contribution >= 0.6 is 0 Å². The van der Waals surface area contributed by atoms with Crippen LogP contribution in [0.1, 0.15) is 0 Å². The van der Waals surface area contributed by atoms with E-state index in [1.807, 2.05) is 0 Å². The molecule has 4 rings (SSSR count). The molecule has 142 valence electrons. The number of halogens is 2. The number of amides is 2. The zero-order chi connectivity index (χ0) is 18.8. The first-order chi connectivity index (χ1) is 13.1. The number of urea groups is 1. The molecule has 0 atom stereocenters. The minimum Gasteiger partial charge on any atom is -0.486 e. The van der Waals surface area contributed by atoms with Crippen LogP contribution in [0.2, 0.25) is 0 Å². The number of carbonyl (C=O) groups is 1. The van der Waals surface area contributed by atoms with Crippen molar-refractivity contribution in [1.29, 1.82) is 0 Å². The van der Waals surface area contributed by atoms with Crippen molar-refractivity contribution in [3.8, 4) is 11.5 Å². The van der Waals surface area contributed by atoms with Crippen LogP contribution in [-0.4, -0.2) is 50.3 Å². The molecule has 0 aromatic heterocycles. The fourth-order valence-electron chi connectivity index (χ4n) is 3.25. The fourth-order valence-corrected chi connectivity index (χ4v) is 3.25. The topological polar surface area (TPSA) is 54.0 Å². The highest BCUT2D eigenvalue weighted by atomic mass is 19.1. The van der Waals surface area contributed by atoms with E-state index < -0.39 is 11.6 Å². The monoisotopic (exact) mass is 375 g/mol. The van der Waals surface area contributed by atoms with Gasteiger partial charge in [-0.2, -0.15) is 0 Å². The third-order valence-electron chi connectivity index (χ3n) is 4.61. The first-order valence-electron chi connectivity index (χ1n) is 8.76. The number of benzene rings is 2. The number of anilines is 2. The summed E-state index contributed by atoms with van der Waals surface area (Å²) in [5.74, 6) is 0.0621. The van der Waals surface area contributed by atoms with Crippen molar-refractivity contribution in [2.24, 2.45) is 0 Å². The van der Waals surface area contributed by atoms with Gasteiger partial charge in [0.2, 0.25) is 0 Å². The Kier molecular flexibility index (Phi) is 4.70. The maximum absolute atomic E-state index is 13.9. The summed E-state index contributed by atoms with van der Waals surface area (Å²) in [4.78, 5) is 15.7. The van der Waals surface area contributed by atoms with Crippen molar-refractivity contribution in [2.45, 2.75) is 0 Å². The van der Waals surface area contributed by atoms with Gasteiger partial charge in [-0.15, -0.1) is 0 Å². The summed E-state index contributed by atoms with van der Waals surface area (Å²) in [6, 6.07) is 8.76. The largest absolute Gasteiger partial charge is 0.486 e. The number of piperazine rings is 1. The second kappa shape index (κ2) is 7.30. The highest BCUT2D eigenvalue weighted by Gasteiger charge is 2.25. The molecular formula is C19H19F2N3O3. The number of hydrogen-bond acceptors (Lipinski definition) is 4. The molecule has 2 heterocycles. The predicted molar refractivity (Wildman–Crippen MR) is 96.6 cm³/mol. The molecule has 1 N–H and O–H groups in total. The number of hydrogen-bond donors (Lipinski definition) is 1. The SMILES string of the molecule is O=C(Nc1ccc2c(c1)OCCO2)N1CCN(c2c(F)cccc2F)CC1. The van der Waals surface area contributed by atoms with Crippen molar-refractivity contribution >= 4 is 17.4 Å². The van der Waals surface area contributed by atoms with Crippen molar-refractivity contribution in [2.75, 3.05) is 49.6 Å². The predicted octanol–water partition coefficient (Wildman–Crippen LogP) is 3.09. The van der Waals surface area contributed by atoms with Gasteiger partial charge in [0.15, 0.2) is 11.5 Å². The van der Waals surface area contributed by atoms with E-state index in [2.05, 4.69) is 5.32 Å². The van der Waals surface area contributed by atoms with E-state index >= 15 is 0 Å². The van der Waals surface area contributed by atoms with Crippen molar-refractivity contribution in [1.82, 2.24) is 4.90 Å². The highest BCUT2D eigenvalue weighted by molar-refractivity contribution is 5.90. The Labute approximate surface area is 155 Å². The lowest BCUT2D eigenvalue weighted by atomic mass is 10.2. The summed E-state index contributed by atoms with van der Waals surface area (Å²) >= 11 is 0. The minimum atomic E-state index is -0.593. The maximum Gasteiger partial charge on any atom is 0.321 e. The number of carbonyl (C=O) groups excluding carboxylic acids is 1. The average molecular weight is 375 g/mol. The smallest absolute Gasteiger partial charge is 0.321 e. The van der Waals surface area contributed by atoms with E-state index in [-0.39, 0.29) is 11.7 Å². The normalized spacial score (nSPS) is 16.2. The van der Waals surface area contributed by atoms with Crippen LogP contribution in [0, 0.1) is 11.6 Å². The van der Waals surface area contributed by atoms with Gasteiger partial charge in [-0.1, -0.05) is 6.07 Å². The van der Waals surface area contributed by atoms with E-state index in [0.717, 1.165) is 0 Å². The fraction of sp³-hybridized carbons (Fsp3) is 0.316. The molecule has 2 aliphatic heterocycles. The van der Waals surface area contributed by atoms with Crippen LogP contribution < -0.4 is 19.7 Å². The van der Waals surface area contributed by atoms with E-state index in [4.69, 9.17) is 9.47 Å². The molecule has 1 saturated heterocycles. The molecule has 0 spiro atoms. The van der Waals surface area contributed by atoms with Crippen molar-refractivity contribution in [3.63, 3.8) is 0 Å². The van der Waals surface area contributed by atoms with Crippen LogP contribution in [0.15, 0.2) is 36.4 Å². The summed E-state index contributed by atoms with van der Waals surface area (Å²) < 4.78 is 38.8. The van der Waals surface area contributed by atoms with Gasteiger partial charge in [-0.3, -0.25) is 0 Å². The average Bonchev–Trinajstić information content (AvgIpc) is 2.68. The number of ether oxygens (including phenoxy) is 2. The second-order valence-corrected chi connectivity index (χ2v) is 6.33. The number of nitrogens with zero attached hydrogens (tertiary/aromatic N) is 2.